The Morgan fingerprint density at radius 2 is 1.92 bits per heavy atom. The fourth-order valence-electron chi connectivity index (χ4n) is 3.35. The van der Waals surface area contributed by atoms with E-state index in [2.05, 4.69) is 23.6 Å². The zero-order chi connectivity index (χ0) is 16.9. The lowest BCUT2D eigenvalue weighted by atomic mass is 9.86. The summed E-state index contributed by atoms with van der Waals surface area (Å²) in [5.74, 6) is 0.680. The number of nitriles is 1. The lowest BCUT2D eigenvalue weighted by Gasteiger charge is -2.30. The SMILES string of the molecule is C[C@H]1CCCC[C@H]1Nc1ccc(C#N)c(Nc2cccc(N)c2)c1. The number of nitrogens with two attached hydrogens (primary N) is 1. The highest BCUT2D eigenvalue weighted by Gasteiger charge is 2.21. The Kier molecular flexibility index (Phi) is 4.90. The molecule has 0 unspecified atom stereocenters. The number of nitrogens with zero attached hydrogens (tertiary/aromatic N) is 1. The first-order valence-corrected chi connectivity index (χ1v) is 8.59. The smallest absolute Gasteiger partial charge is 0.101 e. The third-order valence-corrected chi connectivity index (χ3v) is 4.77. The highest BCUT2D eigenvalue weighted by molar-refractivity contribution is 5.72. The average molecular weight is 320 g/mol. The molecule has 4 N–H and O–H groups in total. The van der Waals surface area contributed by atoms with Gasteiger partial charge < -0.3 is 16.4 Å². The third kappa shape index (κ3) is 3.80. The predicted molar refractivity (Wildman–Crippen MR) is 100 cm³/mol. The quantitative estimate of drug-likeness (QED) is 0.702. The first-order valence-electron chi connectivity index (χ1n) is 8.59. The second-order valence-electron chi connectivity index (χ2n) is 6.64. The number of hydrogen-bond acceptors (Lipinski definition) is 4. The van der Waals surface area contributed by atoms with Gasteiger partial charge in [-0.1, -0.05) is 25.8 Å². The molecule has 2 aromatic carbocycles. The Balaban J connectivity index is 1.81. The predicted octanol–water partition coefficient (Wildman–Crippen LogP) is 4.87. The Hall–Kier alpha value is -2.67. The van der Waals surface area contributed by atoms with Crippen LogP contribution in [0.25, 0.3) is 0 Å². The molecule has 0 radical (unpaired) electrons. The van der Waals surface area contributed by atoms with E-state index in [9.17, 15) is 5.26 Å². The van der Waals surface area contributed by atoms with E-state index in [-0.39, 0.29) is 0 Å². The van der Waals surface area contributed by atoms with Crippen molar-refractivity contribution in [2.45, 2.75) is 38.6 Å². The second-order valence-corrected chi connectivity index (χ2v) is 6.64. The van der Waals surface area contributed by atoms with Gasteiger partial charge in [0.1, 0.15) is 6.07 Å². The average Bonchev–Trinajstić information content (AvgIpc) is 2.57. The summed E-state index contributed by atoms with van der Waals surface area (Å²) in [5, 5.41) is 16.3. The lowest BCUT2D eigenvalue weighted by molar-refractivity contribution is 0.349. The summed E-state index contributed by atoms with van der Waals surface area (Å²) >= 11 is 0. The second kappa shape index (κ2) is 7.27. The molecule has 2 aromatic rings. The third-order valence-electron chi connectivity index (χ3n) is 4.77. The van der Waals surface area contributed by atoms with E-state index in [1.165, 1.54) is 25.7 Å². The summed E-state index contributed by atoms with van der Waals surface area (Å²) in [6.45, 7) is 2.31. The van der Waals surface area contributed by atoms with Crippen LogP contribution in [0.15, 0.2) is 42.5 Å². The van der Waals surface area contributed by atoms with Gasteiger partial charge in [-0.15, -0.1) is 0 Å². The van der Waals surface area contributed by atoms with Gasteiger partial charge >= 0.3 is 0 Å². The number of benzene rings is 2. The van der Waals surface area contributed by atoms with Gasteiger partial charge in [0, 0.05) is 23.1 Å². The maximum absolute atomic E-state index is 9.37. The largest absolute Gasteiger partial charge is 0.399 e. The van der Waals surface area contributed by atoms with Crippen LogP contribution in [-0.4, -0.2) is 6.04 Å². The van der Waals surface area contributed by atoms with Crippen LogP contribution >= 0.6 is 0 Å². The molecule has 24 heavy (non-hydrogen) atoms. The van der Waals surface area contributed by atoms with Crippen LogP contribution in [0.3, 0.4) is 0 Å². The van der Waals surface area contributed by atoms with Gasteiger partial charge in [0.05, 0.1) is 11.3 Å². The maximum Gasteiger partial charge on any atom is 0.101 e. The summed E-state index contributed by atoms with van der Waals surface area (Å²) in [7, 11) is 0. The Morgan fingerprint density at radius 3 is 2.67 bits per heavy atom. The van der Waals surface area contributed by atoms with E-state index in [4.69, 9.17) is 5.73 Å². The molecule has 0 saturated heterocycles. The number of nitrogens with one attached hydrogen (secondary N) is 2. The van der Waals surface area contributed by atoms with Crippen molar-refractivity contribution in [1.29, 1.82) is 5.26 Å². The molecule has 3 rings (SSSR count). The number of anilines is 4. The van der Waals surface area contributed by atoms with Crippen molar-refractivity contribution in [3.63, 3.8) is 0 Å². The fraction of sp³-hybridized carbons (Fsp3) is 0.350. The highest BCUT2D eigenvalue weighted by Crippen LogP contribution is 2.30. The zero-order valence-electron chi connectivity index (χ0n) is 14.0. The van der Waals surface area contributed by atoms with Crippen LogP contribution in [0.4, 0.5) is 22.7 Å². The van der Waals surface area contributed by atoms with E-state index >= 15 is 0 Å². The van der Waals surface area contributed by atoms with Crippen molar-refractivity contribution in [3.05, 3.63) is 48.0 Å². The van der Waals surface area contributed by atoms with Crippen LogP contribution < -0.4 is 16.4 Å². The first kappa shape index (κ1) is 16.2. The van der Waals surface area contributed by atoms with Gasteiger partial charge in [-0.3, -0.25) is 0 Å². The van der Waals surface area contributed by atoms with Crippen molar-refractivity contribution in [2.24, 2.45) is 5.92 Å². The normalized spacial score (nSPS) is 20.2. The number of hydrogen-bond donors (Lipinski definition) is 3. The molecule has 1 saturated carbocycles. The molecule has 0 aliphatic heterocycles. The van der Waals surface area contributed by atoms with Crippen molar-refractivity contribution in [2.75, 3.05) is 16.4 Å². The molecule has 4 heteroatoms. The topological polar surface area (TPSA) is 73.9 Å². The molecule has 1 fully saturated rings. The van der Waals surface area contributed by atoms with Crippen molar-refractivity contribution < 1.29 is 0 Å². The highest BCUT2D eigenvalue weighted by atomic mass is 14.9. The summed E-state index contributed by atoms with van der Waals surface area (Å²) in [5.41, 5.74) is 9.90. The molecule has 0 spiro atoms. The summed E-state index contributed by atoms with van der Waals surface area (Å²) in [4.78, 5) is 0. The molecule has 1 aliphatic rings. The monoisotopic (exact) mass is 320 g/mol. The van der Waals surface area contributed by atoms with Gasteiger partial charge in [0.15, 0.2) is 0 Å². The molecular weight excluding hydrogens is 296 g/mol. The molecule has 0 heterocycles. The van der Waals surface area contributed by atoms with Crippen LogP contribution in [0.2, 0.25) is 0 Å². The van der Waals surface area contributed by atoms with E-state index < -0.39 is 0 Å². The Morgan fingerprint density at radius 1 is 1.08 bits per heavy atom. The minimum absolute atomic E-state index is 0.506. The number of rotatable bonds is 4. The van der Waals surface area contributed by atoms with Crippen molar-refractivity contribution in [3.8, 4) is 6.07 Å². The van der Waals surface area contributed by atoms with Gasteiger partial charge in [0.2, 0.25) is 0 Å². The maximum atomic E-state index is 9.37. The summed E-state index contributed by atoms with van der Waals surface area (Å²) in [6, 6.07) is 16.2. The van der Waals surface area contributed by atoms with Gasteiger partial charge in [-0.2, -0.15) is 5.26 Å². The molecule has 0 aromatic heterocycles. The minimum Gasteiger partial charge on any atom is -0.399 e. The lowest BCUT2D eigenvalue weighted by Crippen LogP contribution is -2.30. The van der Waals surface area contributed by atoms with E-state index in [0.29, 0.717) is 23.2 Å². The van der Waals surface area contributed by atoms with Crippen LogP contribution in [0.1, 0.15) is 38.2 Å². The van der Waals surface area contributed by atoms with E-state index in [1.54, 1.807) is 0 Å². The van der Waals surface area contributed by atoms with Gasteiger partial charge in [0.25, 0.3) is 0 Å². The molecular formula is C20H24N4. The van der Waals surface area contributed by atoms with Gasteiger partial charge in [-0.25, -0.2) is 0 Å². The van der Waals surface area contributed by atoms with E-state index in [0.717, 1.165) is 17.1 Å². The molecule has 1 aliphatic carbocycles. The van der Waals surface area contributed by atoms with E-state index in [1.807, 2.05) is 42.5 Å². The molecule has 4 nitrogen and oxygen atoms in total. The number of nitrogen functional groups attached to an aromatic ring is 1. The summed E-state index contributed by atoms with van der Waals surface area (Å²) in [6.07, 6.45) is 5.10. The van der Waals surface area contributed by atoms with Crippen LogP contribution in [0.5, 0.6) is 0 Å². The summed E-state index contributed by atoms with van der Waals surface area (Å²) < 4.78 is 0. The van der Waals surface area contributed by atoms with Crippen molar-refractivity contribution >= 4 is 22.7 Å². The Labute approximate surface area is 143 Å². The zero-order valence-corrected chi connectivity index (χ0v) is 14.0. The molecule has 2 atom stereocenters. The molecule has 124 valence electrons. The van der Waals surface area contributed by atoms with Crippen molar-refractivity contribution in [1.82, 2.24) is 0 Å². The fourth-order valence-corrected chi connectivity index (χ4v) is 3.35. The minimum atomic E-state index is 0.506. The Bertz CT molecular complexity index is 748. The molecule has 0 amide bonds. The van der Waals surface area contributed by atoms with Crippen LogP contribution in [0, 0.1) is 17.2 Å². The van der Waals surface area contributed by atoms with Crippen LogP contribution in [-0.2, 0) is 0 Å². The molecule has 0 bridgehead atoms. The van der Waals surface area contributed by atoms with Gasteiger partial charge in [-0.05, 0) is 55.2 Å². The standard InChI is InChI=1S/C20H24N4/c1-14-5-2-3-8-19(14)23-18-10-9-15(13-21)20(12-18)24-17-7-4-6-16(22)11-17/h4,6-7,9-12,14,19,23-24H,2-3,5,8,22H2,1H3/t14-,19+/m0/s1. The first-order chi connectivity index (χ1) is 11.7.